The summed E-state index contributed by atoms with van der Waals surface area (Å²) in [4.78, 5) is 10.7. The van der Waals surface area contributed by atoms with Crippen molar-refractivity contribution in [2.45, 2.75) is 23.5 Å². The fourth-order valence-corrected chi connectivity index (χ4v) is 2.84. The second-order valence-electron chi connectivity index (χ2n) is 3.07. The molecule has 0 aliphatic heterocycles. The van der Waals surface area contributed by atoms with E-state index in [0.717, 1.165) is 0 Å². The summed E-state index contributed by atoms with van der Waals surface area (Å²) in [6.07, 6.45) is -0.000436. The number of aliphatic carboxylic acids is 1. The van der Waals surface area contributed by atoms with Gasteiger partial charge in [0.2, 0.25) is 0 Å². The van der Waals surface area contributed by atoms with Crippen molar-refractivity contribution >= 4 is 15.8 Å². The lowest BCUT2D eigenvalue weighted by Crippen LogP contribution is -2.40. The normalized spacial score (nSPS) is 13.4. The molecule has 0 aliphatic rings. The van der Waals surface area contributed by atoms with Crippen molar-refractivity contribution in [3.8, 4) is 0 Å². The number of benzene rings is 1. The van der Waals surface area contributed by atoms with Crippen molar-refractivity contribution in [3.63, 3.8) is 0 Å². The van der Waals surface area contributed by atoms with Crippen LogP contribution in [0.25, 0.3) is 0 Å². The molecule has 1 aromatic rings. The molecule has 5 heteroatoms. The fourth-order valence-electron chi connectivity index (χ4n) is 1.29. The van der Waals surface area contributed by atoms with E-state index in [1.54, 1.807) is 18.2 Å². The molecule has 0 radical (unpaired) electrons. The Labute approximate surface area is 88.5 Å². The third kappa shape index (κ3) is 2.36. The topological polar surface area (TPSA) is 74.3 Å². The first-order valence-corrected chi connectivity index (χ1v) is 6.04. The van der Waals surface area contributed by atoms with Crippen LogP contribution >= 0.6 is 0 Å². The number of rotatable bonds is 4. The van der Waals surface area contributed by atoms with Gasteiger partial charge in [0.15, 0.2) is 9.84 Å². The lowest BCUT2D eigenvalue weighted by molar-refractivity contribution is -0.305. The van der Waals surface area contributed by atoms with Crippen LogP contribution in [0.15, 0.2) is 35.2 Å². The average molecular weight is 227 g/mol. The van der Waals surface area contributed by atoms with Gasteiger partial charge in [0.25, 0.3) is 0 Å². The largest absolute Gasteiger partial charge is 0.549 e. The minimum Gasteiger partial charge on any atom is -0.549 e. The molecule has 0 N–H and O–H groups in total. The van der Waals surface area contributed by atoms with E-state index in [1.165, 1.54) is 19.1 Å². The highest BCUT2D eigenvalue weighted by atomic mass is 32.2. The lowest BCUT2D eigenvalue weighted by Gasteiger charge is -2.16. The van der Waals surface area contributed by atoms with Gasteiger partial charge >= 0.3 is 0 Å². The standard InChI is InChI=1S/C10H12O4S/c1-2-9(10(11)12)15(13,14)8-6-4-3-5-7-8/h3-7,9H,2H2,1H3,(H,11,12)/p-1. The molecule has 0 spiro atoms. The van der Waals surface area contributed by atoms with Gasteiger partial charge < -0.3 is 9.90 Å². The molecule has 0 amide bonds. The van der Waals surface area contributed by atoms with Gasteiger partial charge in [-0.15, -0.1) is 0 Å². The van der Waals surface area contributed by atoms with Gasteiger partial charge in [-0.2, -0.15) is 0 Å². The summed E-state index contributed by atoms with van der Waals surface area (Å²) in [6.45, 7) is 1.50. The highest BCUT2D eigenvalue weighted by Crippen LogP contribution is 2.17. The molecule has 0 aromatic heterocycles. The van der Waals surface area contributed by atoms with E-state index in [-0.39, 0.29) is 11.3 Å². The molecule has 1 atom stereocenters. The first kappa shape index (κ1) is 11.7. The minimum atomic E-state index is -3.81. The highest BCUT2D eigenvalue weighted by Gasteiger charge is 2.26. The number of sulfone groups is 1. The second-order valence-corrected chi connectivity index (χ2v) is 5.20. The predicted molar refractivity (Wildman–Crippen MR) is 52.7 cm³/mol. The van der Waals surface area contributed by atoms with Crippen molar-refractivity contribution in [3.05, 3.63) is 30.3 Å². The third-order valence-electron chi connectivity index (χ3n) is 2.08. The van der Waals surface area contributed by atoms with Gasteiger partial charge in [-0.05, 0) is 18.6 Å². The van der Waals surface area contributed by atoms with Crippen LogP contribution in [-0.2, 0) is 14.6 Å². The fraction of sp³-hybridized carbons (Fsp3) is 0.300. The number of carboxylic acid groups (broad SMARTS) is 1. The molecule has 0 bridgehead atoms. The predicted octanol–water partition coefficient (Wildman–Crippen LogP) is -0.0112. The van der Waals surface area contributed by atoms with Crippen LogP contribution in [0.5, 0.6) is 0 Å². The lowest BCUT2D eigenvalue weighted by atomic mass is 10.3. The van der Waals surface area contributed by atoms with E-state index in [9.17, 15) is 18.3 Å². The first-order valence-electron chi connectivity index (χ1n) is 4.50. The van der Waals surface area contributed by atoms with Crippen molar-refractivity contribution < 1.29 is 18.3 Å². The molecule has 0 heterocycles. The average Bonchev–Trinajstić information content (AvgIpc) is 2.19. The minimum absolute atomic E-state index is 0.000436. The van der Waals surface area contributed by atoms with Crippen molar-refractivity contribution in [2.24, 2.45) is 0 Å². The summed E-state index contributed by atoms with van der Waals surface area (Å²) < 4.78 is 23.6. The van der Waals surface area contributed by atoms with Crippen LogP contribution in [0, 0.1) is 0 Å². The van der Waals surface area contributed by atoms with E-state index in [1.807, 2.05) is 0 Å². The van der Waals surface area contributed by atoms with Gasteiger partial charge in [-0.1, -0.05) is 25.1 Å². The number of hydrogen-bond acceptors (Lipinski definition) is 4. The molecule has 1 unspecified atom stereocenters. The Balaban J connectivity index is 3.19. The number of hydrogen-bond donors (Lipinski definition) is 0. The highest BCUT2D eigenvalue weighted by molar-refractivity contribution is 7.92. The second kappa shape index (κ2) is 4.44. The Morgan fingerprint density at radius 2 is 1.87 bits per heavy atom. The molecule has 0 saturated carbocycles. The van der Waals surface area contributed by atoms with Crippen LogP contribution in [0.2, 0.25) is 0 Å². The zero-order chi connectivity index (χ0) is 11.5. The Bertz CT molecular complexity index is 436. The monoisotopic (exact) mass is 227 g/mol. The maximum Gasteiger partial charge on any atom is 0.186 e. The number of carbonyl (C=O) groups is 1. The molecule has 0 fully saturated rings. The summed E-state index contributed by atoms with van der Waals surface area (Å²) in [6, 6.07) is 7.52. The molecule has 0 aliphatic carbocycles. The molecule has 15 heavy (non-hydrogen) atoms. The van der Waals surface area contributed by atoms with Crippen molar-refractivity contribution in [2.75, 3.05) is 0 Å². The van der Waals surface area contributed by atoms with Crippen LogP contribution in [0.1, 0.15) is 13.3 Å². The van der Waals surface area contributed by atoms with Gasteiger partial charge in [0, 0.05) is 0 Å². The molecular formula is C10H11O4S-. The summed E-state index contributed by atoms with van der Waals surface area (Å²) in [5, 5.41) is 9.19. The van der Waals surface area contributed by atoms with Crippen LogP contribution in [-0.4, -0.2) is 19.6 Å². The Kier molecular flexibility index (Phi) is 3.47. The quantitative estimate of drug-likeness (QED) is 0.725. The SMILES string of the molecule is CCC(C(=O)[O-])S(=O)(=O)c1ccccc1. The summed E-state index contributed by atoms with van der Waals surface area (Å²) >= 11 is 0. The van der Waals surface area contributed by atoms with E-state index >= 15 is 0 Å². The van der Waals surface area contributed by atoms with Crippen LogP contribution in [0.3, 0.4) is 0 Å². The van der Waals surface area contributed by atoms with Gasteiger partial charge in [-0.25, -0.2) is 8.42 Å². The Hall–Kier alpha value is -1.36. The van der Waals surface area contributed by atoms with E-state index in [2.05, 4.69) is 0 Å². The zero-order valence-electron chi connectivity index (χ0n) is 8.21. The molecule has 1 aromatic carbocycles. The Morgan fingerprint density at radius 3 is 2.27 bits per heavy atom. The van der Waals surface area contributed by atoms with Crippen molar-refractivity contribution in [1.82, 2.24) is 0 Å². The van der Waals surface area contributed by atoms with Crippen LogP contribution in [0.4, 0.5) is 0 Å². The smallest absolute Gasteiger partial charge is 0.186 e. The number of carboxylic acids is 1. The van der Waals surface area contributed by atoms with E-state index < -0.39 is 21.1 Å². The first-order chi connectivity index (χ1) is 7.00. The molecule has 4 nitrogen and oxygen atoms in total. The molecule has 82 valence electrons. The summed E-state index contributed by atoms with van der Waals surface area (Å²) in [5.41, 5.74) is 0. The zero-order valence-corrected chi connectivity index (χ0v) is 9.03. The van der Waals surface area contributed by atoms with E-state index in [4.69, 9.17) is 0 Å². The van der Waals surface area contributed by atoms with E-state index in [0.29, 0.717) is 0 Å². The maximum absolute atomic E-state index is 11.8. The molecular weight excluding hydrogens is 216 g/mol. The Morgan fingerprint density at radius 1 is 1.33 bits per heavy atom. The molecule has 0 saturated heterocycles. The third-order valence-corrected chi connectivity index (χ3v) is 4.28. The maximum atomic E-state index is 11.8. The van der Waals surface area contributed by atoms with Crippen molar-refractivity contribution in [1.29, 1.82) is 0 Å². The molecule has 1 rings (SSSR count). The summed E-state index contributed by atoms with van der Waals surface area (Å²) in [7, 11) is -3.81. The number of carbonyl (C=O) groups excluding carboxylic acids is 1. The summed E-state index contributed by atoms with van der Waals surface area (Å²) in [5.74, 6) is -1.55. The van der Waals surface area contributed by atoms with Crippen LogP contribution < -0.4 is 5.11 Å². The van der Waals surface area contributed by atoms with Gasteiger partial charge in [0.05, 0.1) is 10.9 Å². The van der Waals surface area contributed by atoms with Gasteiger partial charge in [0.1, 0.15) is 5.25 Å². The van der Waals surface area contributed by atoms with Gasteiger partial charge in [-0.3, -0.25) is 0 Å².